The van der Waals surface area contributed by atoms with E-state index in [0.717, 1.165) is 16.7 Å². The largest absolute Gasteiger partial charge is 0.458 e. The highest BCUT2D eigenvalue weighted by atomic mass is 16.5. The highest BCUT2D eigenvalue weighted by Crippen LogP contribution is 2.24. The molecule has 0 radical (unpaired) electrons. The fourth-order valence-electron chi connectivity index (χ4n) is 3.36. The predicted molar refractivity (Wildman–Crippen MR) is 101 cm³/mol. The maximum absolute atomic E-state index is 12.7. The zero-order chi connectivity index (χ0) is 18.5. The second kappa shape index (κ2) is 8.17. The molecule has 0 spiro atoms. The number of rotatable bonds is 4. The van der Waals surface area contributed by atoms with Gasteiger partial charge in [-0.15, -0.1) is 0 Å². The van der Waals surface area contributed by atoms with Gasteiger partial charge < -0.3 is 9.64 Å². The van der Waals surface area contributed by atoms with Gasteiger partial charge in [-0.1, -0.05) is 48.5 Å². The van der Waals surface area contributed by atoms with Gasteiger partial charge in [0.15, 0.2) is 0 Å². The van der Waals surface area contributed by atoms with E-state index in [1.165, 1.54) is 0 Å². The summed E-state index contributed by atoms with van der Waals surface area (Å²) in [6, 6.07) is 17.4. The fraction of sp³-hybridized carbons (Fsp3) is 0.364. The number of esters is 1. The third kappa shape index (κ3) is 4.13. The van der Waals surface area contributed by atoms with Crippen LogP contribution in [0.4, 0.5) is 0 Å². The average Bonchev–Trinajstić information content (AvgIpc) is 2.68. The number of amides is 1. The first-order valence-corrected chi connectivity index (χ1v) is 9.16. The number of nitrogens with zero attached hydrogens (tertiary/aromatic N) is 1. The second-order valence-electron chi connectivity index (χ2n) is 6.87. The molecule has 1 unspecified atom stereocenters. The maximum Gasteiger partial charge on any atom is 0.309 e. The number of benzene rings is 2. The van der Waals surface area contributed by atoms with Crippen LogP contribution in [0, 0.1) is 12.8 Å². The minimum absolute atomic E-state index is 0.0487. The van der Waals surface area contributed by atoms with Crippen molar-refractivity contribution in [1.29, 1.82) is 0 Å². The Morgan fingerprint density at radius 2 is 1.62 bits per heavy atom. The maximum atomic E-state index is 12.7. The van der Waals surface area contributed by atoms with Crippen molar-refractivity contribution in [3.05, 3.63) is 71.3 Å². The van der Waals surface area contributed by atoms with Gasteiger partial charge in [0.1, 0.15) is 6.10 Å². The molecule has 1 heterocycles. The summed E-state index contributed by atoms with van der Waals surface area (Å²) in [5.74, 6) is -0.251. The summed E-state index contributed by atoms with van der Waals surface area (Å²) in [6.45, 7) is 5.02. The summed E-state index contributed by atoms with van der Waals surface area (Å²) in [4.78, 5) is 27.0. The molecule has 2 aromatic rings. The van der Waals surface area contributed by atoms with Crippen LogP contribution in [0.5, 0.6) is 0 Å². The monoisotopic (exact) mass is 351 g/mol. The van der Waals surface area contributed by atoms with Gasteiger partial charge in [0, 0.05) is 18.7 Å². The number of likely N-dealkylation sites (tertiary alicyclic amines) is 1. The minimum atomic E-state index is -0.254. The molecule has 0 N–H and O–H groups in total. The fourth-order valence-corrected chi connectivity index (χ4v) is 3.36. The van der Waals surface area contributed by atoms with E-state index in [0.29, 0.717) is 25.9 Å². The first kappa shape index (κ1) is 18.2. The number of ether oxygens (including phenoxy) is 1. The van der Waals surface area contributed by atoms with Crippen molar-refractivity contribution < 1.29 is 14.3 Å². The van der Waals surface area contributed by atoms with Crippen LogP contribution in [0.1, 0.15) is 47.4 Å². The molecule has 4 nitrogen and oxygen atoms in total. The lowest BCUT2D eigenvalue weighted by atomic mass is 9.96. The van der Waals surface area contributed by atoms with Gasteiger partial charge >= 0.3 is 5.97 Å². The number of hydrogen-bond donors (Lipinski definition) is 0. The molecule has 1 saturated heterocycles. The van der Waals surface area contributed by atoms with Gasteiger partial charge in [0.25, 0.3) is 5.91 Å². The average molecular weight is 351 g/mol. The van der Waals surface area contributed by atoms with Crippen molar-refractivity contribution in [2.75, 3.05) is 13.1 Å². The highest BCUT2D eigenvalue weighted by Gasteiger charge is 2.30. The Labute approximate surface area is 154 Å². The highest BCUT2D eigenvalue weighted by molar-refractivity contribution is 5.95. The zero-order valence-corrected chi connectivity index (χ0v) is 15.4. The SMILES string of the molecule is Cc1ccccc1C(=O)N1CCC(C(=O)OC(C)c2ccccc2)CC1. The molecular weight excluding hydrogens is 326 g/mol. The van der Waals surface area contributed by atoms with Gasteiger partial charge in [0.2, 0.25) is 0 Å². The van der Waals surface area contributed by atoms with E-state index in [1.54, 1.807) is 0 Å². The first-order valence-electron chi connectivity index (χ1n) is 9.16. The molecule has 3 rings (SSSR count). The van der Waals surface area contributed by atoms with Crippen LogP contribution in [0.3, 0.4) is 0 Å². The lowest BCUT2D eigenvalue weighted by Crippen LogP contribution is -2.41. The lowest BCUT2D eigenvalue weighted by molar-refractivity contribution is -0.155. The third-order valence-corrected chi connectivity index (χ3v) is 5.05. The molecule has 0 aromatic heterocycles. The molecule has 1 amide bonds. The van der Waals surface area contributed by atoms with E-state index in [-0.39, 0.29) is 23.9 Å². The Morgan fingerprint density at radius 1 is 1.00 bits per heavy atom. The van der Waals surface area contributed by atoms with Crippen molar-refractivity contribution in [1.82, 2.24) is 4.90 Å². The van der Waals surface area contributed by atoms with Crippen LogP contribution >= 0.6 is 0 Å². The standard InChI is InChI=1S/C22H25NO3/c1-16-8-6-7-11-20(16)21(24)23-14-12-19(13-15-23)22(25)26-17(2)18-9-4-3-5-10-18/h3-11,17,19H,12-15H2,1-2H3. The number of hydrogen-bond acceptors (Lipinski definition) is 3. The molecule has 0 aliphatic carbocycles. The summed E-state index contributed by atoms with van der Waals surface area (Å²) in [5, 5.41) is 0. The van der Waals surface area contributed by atoms with Crippen molar-refractivity contribution in [3.63, 3.8) is 0 Å². The van der Waals surface area contributed by atoms with E-state index in [9.17, 15) is 9.59 Å². The van der Waals surface area contributed by atoms with Crippen LogP contribution in [-0.2, 0) is 9.53 Å². The first-order chi connectivity index (χ1) is 12.6. The van der Waals surface area contributed by atoms with Gasteiger partial charge in [-0.25, -0.2) is 0 Å². The summed E-state index contributed by atoms with van der Waals surface area (Å²) in [7, 11) is 0. The molecule has 1 aliphatic rings. The van der Waals surface area contributed by atoms with Crippen LogP contribution in [0.2, 0.25) is 0 Å². The summed E-state index contributed by atoms with van der Waals surface area (Å²) < 4.78 is 5.63. The van der Waals surface area contributed by atoms with Crippen molar-refractivity contribution in [2.45, 2.75) is 32.8 Å². The summed E-state index contributed by atoms with van der Waals surface area (Å²) >= 11 is 0. The van der Waals surface area contributed by atoms with E-state index in [4.69, 9.17) is 4.74 Å². The molecule has 2 aromatic carbocycles. The molecular formula is C22H25NO3. The Bertz CT molecular complexity index is 764. The normalized spacial score (nSPS) is 16.2. The Hall–Kier alpha value is -2.62. The molecule has 0 bridgehead atoms. The number of aryl methyl sites for hydroxylation is 1. The van der Waals surface area contributed by atoms with Crippen LogP contribution in [0.15, 0.2) is 54.6 Å². The molecule has 0 saturated carbocycles. The Morgan fingerprint density at radius 3 is 2.27 bits per heavy atom. The second-order valence-corrected chi connectivity index (χ2v) is 6.87. The van der Waals surface area contributed by atoms with Gasteiger partial charge in [0.05, 0.1) is 5.92 Å². The van der Waals surface area contributed by atoms with Crippen molar-refractivity contribution >= 4 is 11.9 Å². The van der Waals surface area contributed by atoms with Crippen molar-refractivity contribution in [2.24, 2.45) is 5.92 Å². The Kier molecular flexibility index (Phi) is 5.71. The molecule has 1 aliphatic heterocycles. The van der Waals surface area contributed by atoms with E-state index >= 15 is 0 Å². The van der Waals surface area contributed by atoms with Crippen LogP contribution in [0.25, 0.3) is 0 Å². The topological polar surface area (TPSA) is 46.6 Å². The number of carbonyl (C=O) groups is 2. The number of piperidine rings is 1. The van der Waals surface area contributed by atoms with Gasteiger partial charge in [-0.3, -0.25) is 9.59 Å². The zero-order valence-electron chi connectivity index (χ0n) is 15.4. The number of carbonyl (C=O) groups excluding carboxylic acids is 2. The van der Waals surface area contributed by atoms with Gasteiger partial charge in [-0.05, 0) is 43.9 Å². The predicted octanol–water partition coefficient (Wildman–Crippen LogP) is 4.15. The van der Waals surface area contributed by atoms with E-state index in [1.807, 2.05) is 73.3 Å². The van der Waals surface area contributed by atoms with E-state index < -0.39 is 0 Å². The molecule has 1 atom stereocenters. The molecule has 1 fully saturated rings. The molecule has 136 valence electrons. The van der Waals surface area contributed by atoms with Crippen LogP contribution < -0.4 is 0 Å². The molecule has 4 heteroatoms. The lowest BCUT2D eigenvalue weighted by Gasteiger charge is -2.31. The smallest absolute Gasteiger partial charge is 0.309 e. The van der Waals surface area contributed by atoms with Crippen molar-refractivity contribution in [3.8, 4) is 0 Å². The summed E-state index contributed by atoms with van der Waals surface area (Å²) in [5.41, 5.74) is 2.72. The van der Waals surface area contributed by atoms with Crippen LogP contribution in [-0.4, -0.2) is 29.9 Å². The summed E-state index contributed by atoms with van der Waals surface area (Å²) in [6.07, 6.45) is 1.05. The van der Waals surface area contributed by atoms with E-state index in [2.05, 4.69) is 0 Å². The quantitative estimate of drug-likeness (QED) is 0.778. The third-order valence-electron chi connectivity index (χ3n) is 5.05. The molecule has 26 heavy (non-hydrogen) atoms. The Balaban J connectivity index is 1.54. The van der Waals surface area contributed by atoms with Gasteiger partial charge in [-0.2, -0.15) is 0 Å². The minimum Gasteiger partial charge on any atom is -0.458 e.